The van der Waals surface area contributed by atoms with Crippen LogP contribution in [0.3, 0.4) is 0 Å². The number of nitrogens with zero attached hydrogens (tertiary/aromatic N) is 5. The van der Waals surface area contributed by atoms with Crippen molar-refractivity contribution in [1.29, 1.82) is 0 Å². The predicted molar refractivity (Wildman–Crippen MR) is 58.9 cm³/mol. The number of nitrogens with one attached hydrogen (secondary N) is 1. The molecule has 0 bridgehead atoms. The van der Waals surface area contributed by atoms with Gasteiger partial charge in [-0.05, 0) is 0 Å². The van der Waals surface area contributed by atoms with E-state index >= 15 is 0 Å². The van der Waals surface area contributed by atoms with Crippen LogP contribution in [0.5, 0.6) is 0 Å². The average Bonchev–Trinajstić information content (AvgIpc) is 2.61. The first-order chi connectivity index (χ1) is 8.00. The van der Waals surface area contributed by atoms with Crippen molar-refractivity contribution >= 4 is 27.6 Å². The second-order valence-electron chi connectivity index (χ2n) is 3.02. The maximum absolute atomic E-state index is 11.9. The fraction of sp³-hybridized carbons (Fsp3) is 0.143. The van der Waals surface area contributed by atoms with Crippen molar-refractivity contribution in [1.82, 2.24) is 24.7 Å². The lowest BCUT2D eigenvalue weighted by atomic mass is 10.9. The summed E-state index contributed by atoms with van der Waals surface area (Å²) in [5.41, 5.74) is 0. The number of hydrogen-bond donors (Lipinski definition) is 1. The maximum Gasteiger partial charge on any atom is 0.284 e. The van der Waals surface area contributed by atoms with Gasteiger partial charge in [-0.2, -0.15) is 13.5 Å². The minimum atomic E-state index is -3.90. The van der Waals surface area contributed by atoms with E-state index in [1.807, 2.05) is 0 Å². The van der Waals surface area contributed by atoms with E-state index in [0.29, 0.717) is 0 Å². The van der Waals surface area contributed by atoms with Gasteiger partial charge in [-0.15, -0.1) is 5.10 Å². The molecule has 0 radical (unpaired) electrons. The number of anilines is 1. The third-order valence-corrected chi connectivity index (χ3v) is 3.61. The molecule has 0 saturated heterocycles. The lowest BCUT2D eigenvalue weighted by Gasteiger charge is -2.03. The molecule has 2 aromatic rings. The lowest BCUT2D eigenvalue weighted by molar-refractivity contribution is 0.597. The molecule has 2 heterocycles. The number of aryl methyl sites for hydroxylation is 1. The molecule has 0 aliphatic heterocycles. The van der Waals surface area contributed by atoms with Crippen molar-refractivity contribution in [2.45, 2.75) is 5.03 Å². The fourth-order valence-electron chi connectivity index (χ4n) is 1.04. The highest BCUT2D eigenvalue weighted by Gasteiger charge is 2.23. The Bertz CT molecular complexity index is 625. The largest absolute Gasteiger partial charge is 0.324 e. The van der Waals surface area contributed by atoms with E-state index in [4.69, 9.17) is 11.6 Å². The van der Waals surface area contributed by atoms with E-state index in [2.05, 4.69) is 24.9 Å². The molecule has 0 spiro atoms. The first-order valence-electron chi connectivity index (χ1n) is 4.34. The molecule has 0 amide bonds. The van der Waals surface area contributed by atoms with Crippen LogP contribution in [0, 0.1) is 0 Å². The summed E-state index contributed by atoms with van der Waals surface area (Å²) in [6.07, 6.45) is 3.93. The van der Waals surface area contributed by atoms with Gasteiger partial charge in [0.25, 0.3) is 16.0 Å². The van der Waals surface area contributed by atoms with Crippen molar-refractivity contribution in [3.8, 4) is 0 Å². The molecule has 2 rings (SSSR count). The van der Waals surface area contributed by atoms with Gasteiger partial charge in [0.2, 0.25) is 5.03 Å². The number of rotatable bonds is 3. The third kappa shape index (κ3) is 2.34. The Labute approximate surface area is 102 Å². The van der Waals surface area contributed by atoms with Crippen LogP contribution in [0.1, 0.15) is 0 Å². The first kappa shape index (κ1) is 11.7. The molecule has 0 aliphatic rings. The van der Waals surface area contributed by atoms with Crippen LogP contribution in [0.25, 0.3) is 0 Å². The molecule has 0 unspecified atom stereocenters. The van der Waals surface area contributed by atoms with Crippen LogP contribution < -0.4 is 4.72 Å². The predicted octanol–water partition coefficient (Wildman–Crippen LogP) is 0.0593. The zero-order valence-corrected chi connectivity index (χ0v) is 10.1. The fourth-order valence-corrected chi connectivity index (χ4v) is 2.42. The van der Waals surface area contributed by atoms with Gasteiger partial charge in [0.1, 0.15) is 5.15 Å². The van der Waals surface area contributed by atoms with E-state index in [0.717, 1.165) is 0 Å². The zero-order valence-electron chi connectivity index (χ0n) is 8.57. The van der Waals surface area contributed by atoms with Crippen molar-refractivity contribution in [3.05, 3.63) is 23.9 Å². The lowest BCUT2D eigenvalue weighted by Crippen LogP contribution is -2.16. The van der Waals surface area contributed by atoms with Gasteiger partial charge >= 0.3 is 0 Å². The van der Waals surface area contributed by atoms with Gasteiger partial charge in [0.05, 0.1) is 18.7 Å². The van der Waals surface area contributed by atoms with Crippen molar-refractivity contribution in [3.63, 3.8) is 0 Å². The Hall–Kier alpha value is -1.74. The second kappa shape index (κ2) is 4.26. The van der Waals surface area contributed by atoms with Crippen molar-refractivity contribution in [2.75, 3.05) is 4.72 Å². The number of halogens is 1. The van der Waals surface area contributed by atoms with Gasteiger partial charge in [-0.1, -0.05) is 11.6 Å². The van der Waals surface area contributed by atoms with Crippen molar-refractivity contribution in [2.24, 2.45) is 7.05 Å². The van der Waals surface area contributed by atoms with Gasteiger partial charge < -0.3 is 4.57 Å². The molecule has 0 fully saturated rings. The Morgan fingerprint density at radius 1 is 1.35 bits per heavy atom. The number of imidazole rings is 1. The monoisotopic (exact) mass is 274 g/mol. The van der Waals surface area contributed by atoms with E-state index in [9.17, 15) is 8.42 Å². The molecule has 1 N–H and O–H groups in total. The Morgan fingerprint density at radius 2 is 2.12 bits per heavy atom. The maximum atomic E-state index is 11.9. The summed E-state index contributed by atoms with van der Waals surface area (Å²) < 4.78 is 27.2. The van der Waals surface area contributed by atoms with Crippen LogP contribution in [-0.2, 0) is 17.1 Å². The Kier molecular flexibility index (Phi) is 2.94. The Balaban J connectivity index is 2.35. The number of aromatic nitrogens is 5. The highest BCUT2D eigenvalue weighted by Crippen LogP contribution is 2.19. The van der Waals surface area contributed by atoms with Crippen LogP contribution in [0.4, 0.5) is 5.95 Å². The van der Waals surface area contributed by atoms with Gasteiger partial charge in [0.15, 0.2) is 0 Å². The zero-order chi connectivity index (χ0) is 12.5. The first-order valence-corrected chi connectivity index (χ1v) is 6.20. The number of sulfonamides is 1. The summed E-state index contributed by atoms with van der Waals surface area (Å²) in [5, 5.41) is 6.71. The minimum absolute atomic E-state index is 0.00129. The molecule has 10 heteroatoms. The molecule has 0 aromatic carbocycles. The van der Waals surface area contributed by atoms with Crippen LogP contribution >= 0.6 is 11.6 Å². The molecule has 90 valence electrons. The van der Waals surface area contributed by atoms with E-state index < -0.39 is 10.0 Å². The normalized spacial score (nSPS) is 11.4. The summed E-state index contributed by atoms with van der Waals surface area (Å²) >= 11 is 5.78. The van der Waals surface area contributed by atoms with E-state index in [1.165, 1.54) is 23.3 Å². The minimum Gasteiger partial charge on any atom is -0.324 e. The van der Waals surface area contributed by atoms with Crippen LogP contribution in [0.15, 0.2) is 23.7 Å². The molecule has 2 aromatic heterocycles. The quantitative estimate of drug-likeness (QED) is 0.849. The molecule has 8 nitrogen and oxygen atoms in total. The molecular weight excluding hydrogens is 268 g/mol. The summed E-state index contributed by atoms with van der Waals surface area (Å²) in [5.74, 6) is -0.144. The van der Waals surface area contributed by atoms with E-state index in [-0.39, 0.29) is 16.1 Å². The standard InChI is InChI=1S/C7H7ClN6O2S/c1-14-4-10-6(5(14)8)17(15,16)13-7-9-2-3-11-12-7/h2-4H,1H3,(H,9,12,13). The molecule has 17 heavy (non-hydrogen) atoms. The molecular formula is C7H7ClN6O2S. The second-order valence-corrected chi connectivity index (χ2v) is 4.98. The summed E-state index contributed by atoms with van der Waals surface area (Å²) in [4.78, 5) is 7.37. The highest BCUT2D eigenvalue weighted by molar-refractivity contribution is 7.92. The molecule has 0 atom stereocenters. The van der Waals surface area contributed by atoms with Crippen LogP contribution in [-0.4, -0.2) is 33.2 Å². The smallest absolute Gasteiger partial charge is 0.284 e. The topological polar surface area (TPSA) is 103 Å². The molecule has 0 aliphatic carbocycles. The van der Waals surface area contributed by atoms with Crippen molar-refractivity contribution < 1.29 is 8.42 Å². The summed E-state index contributed by atoms with van der Waals surface area (Å²) in [7, 11) is -2.32. The van der Waals surface area contributed by atoms with Gasteiger partial charge in [-0.3, -0.25) is 0 Å². The van der Waals surface area contributed by atoms with E-state index in [1.54, 1.807) is 7.05 Å². The SMILES string of the molecule is Cn1cnc(S(=O)(=O)Nc2nccnn2)c1Cl. The average molecular weight is 275 g/mol. The van der Waals surface area contributed by atoms with Gasteiger partial charge in [0, 0.05) is 7.05 Å². The summed E-state index contributed by atoms with van der Waals surface area (Å²) in [6.45, 7) is 0. The third-order valence-electron chi connectivity index (χ3n) is 1.80. The molecule has 0 saturated carbocycles. The Morgan fingerprint density at radius 3 is 2.65 bits per heavy atom. The van der Waals surface area contributed by atoms with Gasteiger partial charge in [-0.25, -0.2) is 14.7 Å². The van der Waals surface area contributed by atoms with Crippen LogP contribution in [0.2, 0.25) is 5.15 Å². The highest BCUT2D eigenvalue weighted by atomic mass is 35.5. The number of hydrogen-bond acceptors (Lipinski definition) is 6. The summed E-state index contributed by atoms with van der Waals surface area (Å²) in [6, 6.07) is 0.